The van der Waals surface area contributed by atoms with Crippen LogP contribution in [0.1, 0.15) is 4.88 Å². The maximum atomic E-state index is 13.0. The molecular weight excluding hydrogens is 283 g/mol. The van der Waals surface area contributed by atoms with E-state index < -0.39 is 0 Å². The van der Waals surface area contributed by atoms with Gasteiger partial charge in [-0.3, -0.25) is 0 Å². The minimum atomic E-state index is -0.295. The number of benzene rings is 2. The molecule has 96 valence electrons. The number of halogens is 2. The van der Waals surface area contributed by atoms with Gasteiger partial charge in [0.15, 0.2) is 0 Å². The Hall–Kier alpha value is -1.58. The zero-order valence-corrected chi connectivity index (χ0v) is 11.5. The van der Waals surface area contributed by atoms with Crippen LogP contribution in [0, 0.1) is 5.82 Å². The predicted molar refractivity (Wildman–Crippen MR) is 77.6 cm³/mol. The Balaban J connectivity index is 1.80. The molecule has 0 aliphatic carbocycles. The summed E-state index contributed by atoms with van der Waals surface area (Å²) in [6.07, 6.45) is 0. The number of rotatable bonds is 3. The van der Waals surface area contributed by atoms with Gasteiger partial charge in [0.1, 0.15) is 18.2 Å². The second kappa shape index (κ2) is 5.19. The van der Waals surface area contributed by atoms with Crippen molar-refractivity contribution in [2.45, 2.75) is 6.61 Å². The monoisotopic (exact) mass is 292 g/mol. The van der Waals surface area contributed by atoms with Crippen molar-refractivity contribution in [3.05, 3.63) is 64.2 Å². The summed E-state index contributed by atoms with van der Waals surface area (Å²) in [5.41, 5.74) is 0. The maximum Gasteiger partial charge on any atom is 0.126 e. The minimum absolute atomic E-state index is 0.295. The van der Waals surface area contributed by atoms with Crippen LogP contribution in [-0.2, 0) is 6.61 Å². The average Bonchev–Trinajstić information content (AvgIpc) is 2.81. The molecule has 0 radical (unpaired) electrons. The first-order chi connectivity index (χ1) is 9.22. The highest BCUT2D eigenvalue weighted by atomic mass is 35.5. The summed E-state index contributed by atoms with van der Waals surface area (Å²) >= 11 is 7.72. The van der Waals surface area contributed by atoms with Crippen molar-refractivity contribution in [1.29, 1.82) is 0 Å². The smallest absolute Gasteiger partial charge is 0.126 e. The second-order valence-electron chi connectivity index (χ2n) is 4.12. The van der Waals surface area contributed by atoms with Crippen LogP contribution in [0.4, 0.5) is 4.39 Å². The van der Waals surface area contributed by atoms with E-state index in [9.17, 15) is 4.39 Å². The van der Waals surface area contributed by atoms with Crippen LogP contribution in [0.5, 0.6) is 5.75 Å². The van der Waals surface area contributed by atoms with Crippen molar-refractivity contribution >= 4 is 33.0 Å². The minimum Gasteiger partial charge on any atom is -0.488 e. The summed E-state index contributed by atoms with van der Waals surface area (Å²) in [5, 5.41) is 1.86. The third-order valence-electron chi connectivity index (χ3n) is 2.72. The largest absolute Gasteiger partial charge is 0.488 e. The van der Waals surface area contributed by atoms with Gasteiger partial charge in [0.25, 0.3) is 0 Å². The molecule has 0 fully saturated rings. The van der Waals surface area contributed by atoms with Gasteiger partial charge in [-0.1, -0.05) is 29.8 Å². The molecule has 0 atom stereocenters. The molecule has 0 amide bonds. The van der Waals surface area contributed by atoms with Crippen LogP contribution in [0.25, 0.3) is 10.1 Å². The molecule has 0 aliphatic rings. The lowest BCUT2D eigenvalue weighted by Gasteiger charge is -2.03. The van der Waals surface area contributed by atoms with Crippen LogP contribution in [-0.4, -0.2) is 0 Å². The summed E-state index contributed by atoms with van der Waals surface area (Å²) in [5.74, 6) is 0.237. The SMILES string of the molecule is Fc1cccc(OCc2cc3cccc(Cl)c3s2)c1. The quantitative estimate of drug-likeness (QED) is 0.639. The van der Waals surface area contributed by atoms with E-state index >= 15 is 0 Å². The van der Waals surface area contributed by atoms with E-state index in [2.05, 4.69) is 0 Å². The maximum absolute atomic E-state index is 13.0. The summed E-state index contributed by atoms with van der Waals surface area (Å²) in [7, 11) is 0. The highest BCUT2D eigenvalue weighted by Gasteiger charge is 2.05. The fourth-order valence-corrected chi connectivity index (χ4v) is 3.14. The Morgan fingerprint density at radius 3 is 2.74 bits per heavy atom. The molecule has 3 rings (SSSR count). The van der Waals surface area contributed by atoms with E-state index in [4.69, 9.17) is 16.3 Å². The van der Waals surface area contributed by atoms with Crippen molar-refractivity contribution in [3.63, 3.8) is 0 Å². The van der Waals surface area contributed by atoms with Gasteiger partial charge in [0.05, 0.1) is 9.72 Å². The van der Waals surface area contributed by atoms with Gasteiger partial charge in [-0.2, -0.15) is 0 Å². The number of hydrogen-bond donors (Lipinski definition) is 0. The van der Waals surface area contributed by atoms with E-state index in [-0.39, 0.29) is 5.82 Å². The molecule has 0 N–H and O–H groups in total. The van der Waals surface area contributed by atoms with Crippen LogP contribution >= 0.6 is 22.9 Å². The molecular formula is C15H10ClFOS. The summed E-state index contributed by atoms with van der Waals surface area (Å²) in [6, 6.07) is 14.0. The zero-order chi connectivity index (χ0) is 13.2. The van der Waals surface area contributed by atoms with Crippen molar-refractivity contribution < 1.29 is 9.13 Å². The molecule has 19 heavy (non-hydrogen) atoms. The highest BCUT2D eigenvalue weighted by Crippen LogP contribution is 2.32. The molecule has 0 aliphatic heterocycles. The first-order valence-electron chi connectivity index (χ1n) is 5.78. The lowest BCUT2D eigenvalue weighted by molar-refractivity contribution is 0.308. The lowest BCUT2D eigenvalue weighted by Crippen LogP contribution is -1.92. The highest BCUT2D eigenvalue weighted by molar-refractivity contribution is 7.19. The lowest BCUT2D eigenvalue weighted by atomic mass is 10.2. The van der Waals surface area contributed by atoms with Crippen LogP contribution < -0.4 is 4.74 Å². The summed E-state index contributed by atoms with van der Waals surface area (Å²) in [6.45, 7) is 0.416. The van der Waals surface area contributed by atoms with Crippen molar-refractivity contribution in [3.8, 4) is 5.75 Å². The molecule has 1 aromatic heterocycles. The first kappa shape index (κ1) is 12.5. The molecule has 0 saturated carbocycles. The molecule has 0 bridgehead atoms. The molecule has 1 nitrogen and oxygen atoms in total. The standard InChI is InChI=1S/C15H10ClFOS/c16-14-6-1-3-10-7-13(19-15(10)14)9-18-12-5-2-4-11(17)8-12/h1-8H,9H2. The van der Waals surface area contributed by atoms with Gasteiger partial charge < -0.3 is 4.74 Å². The van der Waals surface area contributed by atoms with Crippen LogP contribution in [0.3, 0.4) is 0 Å². The molecule has 0 unspecified atom stereocenters. The Labute approximate surface area is 119 Å². The fourth-order valence-electron chi connectivity index (χ4n) is 1.86. The Morgan fingerprint density at radius 2 is 1.95 bits per heavy atom. The molecule has 4 heteroatoms. The summed E-state index contributed by atoms with van der Waals surface area (Å²) in [4.78, 5) is 1.06. The average molecular weight is 293 g/mol. The third-order valence-corrected chi connectivity index (χ3v) is 4.31. The third kappa shape index (κ3) is 2.72. The number of ether oxygens (including phenoxy) is 1. The zero-order valence-electron chi connectivity index (χ0n) is 9.90. The molecule has 0 spiro atoms. The van der Waals surface area contributed by atoms with Gasteiger partial charge >= 0.3 is 0 Å². The van der Waals surface area contributed by atoms with E-state index in [0.29, 0.717) is 12.4 Å². The van der Waals surface area contributed by atoms with Crippen molar-refractivity contribution in [2.75, 3.05) is 0 Å². The van der Waals surface area contributed by atoms with E-state index in [1.807, 2.05) is 24.3 Å². The normalized spacial score (nSPS) is 10.8. The Bertz CT molecular complexity index is 723. The molecule has 2 aromatic carbocycles. The topological polar surface area (TPSA) is 9.23 Å². The van der Waals surface area contributed by atoms with Gasteiger partial charge in [-0.05, 0) is 29.7 Å². The molecule has 3 aromatic rings. The Morgan fingerprint density at radius 1 is 1.11 bits per heavy atom. The van der Waals surface area contributed by atoms with Crippen LogP contribution in [0.2, 0.25) is 5.02 Å². The second-order valence-corrected chi connectivity index (χ2v) is 5.66. The van der Waals surface area contributed by atoms with Crippen molar-refractivity contribution in [2.24, 2.45) is 0 Å². The predicted octanol–water partition coefficient (Wildman–Crippen LogP) is 5.27. The van der Waals surface area contributed by atoms with Crippen molar-refractivity contribution in [1.82, 2.24) is 0 Å². The van der Waals surface area contributed by atoms with Gasteiger partial charge in [-0.15, -0.1) is 11.3 Å². The van der Waals surface area contributed by atoms with Crippen LogP contribution in [0.15, 0.2) is 48.5 Å². The Kier molecular flexibility index (Phi) is 3.40. The molecule has 0 saturated heterocycles. The number of thiophene rings is 1. The van der Waals surface area contributed by atoms with Gasteiger partial charge in [0, 0.05) is 10.9 Å². The van der Waals surface area contributed by atoms with E-state index in [1.165, 1.54) is 12.1 Å². The van der Waals surface area contributed by atoms with E-state index in [0.717, 1.165) is 20.0 Å². The van der Waals surface area contributed by atoms with Gasteiger partial charge in [-0.25, -0.2) is 4.39 Å². The fraction of sp³-hybridized carbons (Fsp3) is 0.0667. The number of hydrogen-bond acceptors (Lipinski definition) is 2. The summed E-state index contributed by atoms with van der Waals surface area (Å²) < 4.78 is 19.6. The first-order valence-corrected chi connectivity index (χ1v) is 6.97. The number of fused-ring (bicyclic) bond motifs is 1. The van der Waals surface area contributed by atoms with Gasteiger partial charge in [0.2, 0.25) is 0 Å². The molecule has 1 heterocycles. The van der Waals surface area contributed by atoms with E-state index in [1.54, 1.807) is 23.5 Å².